The molecule has 0 aromatic heterocycles. The van der Waals surface area contributed by atoms with Crippen molar-refractivity contribution in [3.63, 3.8) is 0 Å². The predicted octanol–water partition coefficient (Wildman–Crippen LogP) is 3.59. The maximum atomic E-state index is 11.1. The molecule has 0 bridgehead atoms. The van der Waals surface area contributed by atoms with Crippen molar-refractivity contribution in [2.45, 2.75) is 13.3 Å². The molecule has 0 amide bonds. The molecule has 0 heterocycles. The Hall–Kier alpha value is -1.89. The largest absolute Gasteiger partial charge is 0.478 e. The zero-order valence-corrected chi connectivity index (χ0v) is 13.4. The van der Waals surface area contributed by atoms with E-state index in [9.17, 15) is 9.59 Å². The van der Waals surface area contributed by atoms with Crippen molar-refractivity contribution in [1.29, 1.82) is 0 Å². The fourth-order valence-corrected chi connectivity index (χ4v) is 2.66. The van der Waals surface area contributed by atoms with Crippen molar-refractivity contribution >= 4 is 34.5 Å². The van der Waals surface area contributed by atoms with Crippen LogP contribution in [0, 0.1) is 10.5 Å². The summed E-state index contributed by atoms with van der Waals surface area (Å²) >= 11 is 1.98. The first-order valence-electron chi connectivity index (χ1n) is 6.23. The van der Waals surface area contributed by atoms with Gasteiger partial charge >= 0.3 is 11.9 Å². The first-order valence-corrected chi connectivity index (χ1v) is 7.31. The molecule has 2 N–H and O–H groups in total. The number of hydrogen-bond acceptors (Lipinski definition) is 2. The minimum atomic E-state index is -0.962. The lowest BCUT2D eigenvalue weighted by molar-refractivity contribution is 0.0685. The van der Waals surface area contributed by atoms with Gasteiger partial charge in [0.2, 0.25) is 0 Å². The van der Waals surface area contributed by atoms with E-state index in [0.717, 1.165) is 11.1 Å². The van der Waals surface area contributed by atoms with Gasteiger partial charge in [-0.25, -0.2) is 9.59 Å². The van der Waals surface area contributed by atoms with Gasteiger partial charge in [-0.05, 0) is 70.8 Å². The number of hydrogen-bond donors (Lipinski definition) is 2. The molecular formula is C16H13IO4. The van der Waals surface area contributed by atoms with Crippen LogP contribution in [0.1, 0.15) is 37.4 Å². The van der Waals surface area contributed by atoms with Crippen molar-refractivity contribution in [1.82, 2.24) is 0 Å². The first-order chi connectivity index (χ1) is 9.88. The van der Waals surface area contributed by atoms with E-state index in [0.29, 0.717) is 15.6 Å². The number of carboxylic acids is 2. The summed E-state index contributed by atoms with van der Waals surface area (Å²) in [6.07, 6.45) is 0.498. The molecule has 0 atom stereocenters. The summed E-state index contributed by atoms with van der Waals surface area (Å²) in [7, 11) is 0. The standard InChI is InChI=1S/C16H13IO4/c1-9-2-3-10(7-12(9)15(18)19)6-11-4-5-14(17)13(8-11)16(20)21/h2-5,7-8H,6H2,1H3,(H,18,19)(H,20,21). The van der Waals surface area contributed by atoms with E-state index < -0.39 is 11.9 Å². The Morgan fingerprint density at radius 1 is 0.952 bits per heavy atom. The number of halogens is 1. The second kappa shape index (κ2) is 6.26. The lowest BCUT2D eigenvalue weighted by atomic mass is 9.99. The van der Waals surface area contributed by atoms with Gasteiger partial charge in [0, 0.05) is 3.57 Å². The van der Waals surface area contributed by atoms with Crippen LogP contribution in [0.3, 0.4) is 0 Å². The highest BCUT2D eigenvalue weighted by Gasteiger charge is 2.11. The molecule has 21 heavy (non-hydrogen) atoms. The van der Waals surface area contributed by atoms with E-state index in [1.165, 1.54) is 0 Å². The van der Waals surface area contributed by atoms with Gasteiger partial charge in [0.05, 0.1) is 11.1 Å². The number of benzene rings is 2. The molecule has 2 aromatic carbocycles. The van der Waals surface area contributed by atoms with Gasteiger partial charge in [-0.15, -0.1) is 0 Å². The molecule has 5 heteroatoms. The maximum absolute atomic E-state index is 11.1. The van der Waals surface area contributed by atoms with Crippen molar-refractivity contribution in [3.05, 3.63) is 67.8 Å². The van der Waals surface area contributed by atoms with Gasteiger partial charge in [0.1, 0.15) is 0 Å². The molecule has 0 saturated carbocycles. The SMILES string of the molecule is Cc1ccc(Cc2ccc(I)c(C(=O)O)c2)cc1C(=O)O. The third kappa shape index (κ3) is 3.60. The fraction of sp³-hybridized carbons (Fsp3) is 0.125. The highest BCUT2D eigenvalue weighted by molar-refractivity contribution is 14.1. The molecule has 0 spiro atoms. The van der Waals surface area contributed by atoms with Crippen LogP contribution >= 0.6 is 22.6 Å². The first kappa shape index (κ1) is 15.5. The molecule has 4 nitrogen and oxygen atoms in total. The number of carbonyl (C=O) groups is 2. The van der Waals surface area contributed by atoms with Crippen LogP contribution in [-0.2, 0) is 6.42 Å². The minimum Gasteiger partial charge on any atom is -0.478 e. The highest BCUT2D eigenvalue weighted by atomic mass is 127. The van der Waals surface area contributed by atoms with Gasteiger partial charge in [0.25, 0.3) is 0 Å². The summed E-state index contributed by atoms with van der Waals surface area (Å²) < 4.78 is 0.680. The summed E-state index contributed by atoms with van der Waals surface area (Å²) in [5.41, 5.74) is 2.93. The quantitative estimate of drug-likeness (QED) is 0.775. The van der Waals surface area contributed by atoms with E-state index in [1.807, 2.05) is 34.7 Å². The molecular weight excluding hydrogens is 383 g/mol. The van der Waals surface area contributed by atoms with Crippen LogP contribution in [0.25, 0.3) is 0 Å². The van der Waals surface area contributed by atoms with Crippen molar-refractivity contribution in [3.8, 4) is 0 Å². The van der Waals surface area contributed by atoms with Crippen LogP contribution in [0.5, 0.6) is 0 Å². The Labute approximate surface area is 135 Å². The summed E-state index contributed by atoms with van der Waals surface area (Å²) in [6.45, 7) is 1.75. The third-order valence-corrected chi connectivity index (χ3v) is 4.14. The molecule has 0 aliphatic rings. The minimum absolute atomic E-state index is 0.263. The number of carboxylic acid groups (broad SMARTS) is 2. The molecule has 0 radical (unpaired) electrons. The van der Waals surface area contributed by atoms with E-state index in [-0.39, 0.29) is 11.1 Å². The van der Waals surface area contributed by atoms with Crippen molar-refractivity contribution < 1.29 is 19.8 Å². The number of aryl methyl sites for hydroxylation is 1. The Kier molecular flexibility index (Phi) is 4.62. The molecule has 2 rings (SSSR count). The molecule has 0 aliphatic carbocycles. The second-order valence-electron chi connectivity index (χ2n) is 4.75. The molecule has 0 fully saturated rings. The lowest BCUT2D eigenvalue weighted by Crippen LogP contribution is -2.03. The predicted molar refractivity (Wildman–Crippen MR) is 87.1 cm³/mol. The summed E-state index contributed by atoms with van der Waals surface area (Å²) in [5.74, 6) is -1.92. The molecule has 108 valence electrons. The Morgan fingerprint density at radius 3 is 2.05 bits per heavy atom. The molecule has 0 aliphatic heterocycles. The van der Waals surface area contributed by atoms with Gasteiger partial charge < -0.3 is 10.2 Å². The number of aromatic carboxylic acids is 2. The summed E-state index contributed by atoms with van der Waals surface area (Å²) in [6, 6.07) is 10.5. The average Bonchev–Trinajstić information content (AvgIpc) is 2.42. The monoisotopic (exact) mass is 396 g/mol. The maximum Gasteiger partial charge on any atom is 0.336 e. The number of rotatable bonds is 4. The van der Waals surface area contributed by atoms with Crippen LogP contribution in [-0.4, -0.2) is 22.2 Å². The van der Waals surface area contributed by atoms with Gasteiger partial charge in [-0.2, -0.15) is 0 Å². The lowest BCUT2D eigenvalue weighted by Gasteiger charge is -2.07. The van der Waals surface area contributed by atoms with Gasteiger partial charge in [-0.1, -0.05) is 18.2 Å². The average molecular weight is 396 g/mol. The van der Waals surface area contributed by atoms with E-state index in [2.05, 4.69) is 0 Å². The highest BCUT2D eigenvalue weighted by Crippen LogP contribution is 2.19. The van der Waals surface area contributed by atoms with Crippen LogP contribution < -0.4 is 0 Å². The van der Waals surface area contributed by atoms with Crippen molar-refractivity contribution in [2.75, 3.05) is 0 Å². The van der Waals surface area contributed by atoms with Crippen molar-refractivity contribution in [2.24, 2.45) is 0 Å². The summed E-state index contributed by atoms with van der Waals surface area (Å²) in [4.78, 5) is 22.3. The van der Waals surface area contributed by atoms with E-state index in [4.69, 9.17) is 10.2 Å². The molecule has 0 unspecified atom stereocenters. The second-order valence-corrected chi connectivity index (χ2v) is 5.91. The normalized spacial score (nSPS) is 10.4. The van der Waals surface area contributed by atoms with E-state index >= 15 is 0 Å². The van der Waals surface area contributed by atoms with E-state index in [1.54, 1.807) is 31.2 Å². The van der Waals surface area contributed by atoms with Gasteiger partial charge in [-0.3, -0.25) is 0 Å². The Morgan fingerprint density at radius 2 is 1.48 bits per heavy atom. The van der Waals surface area contributed by atoms with Crippen LogP contribution in [0.15, 0.2) is 36.4 Å². The smallest absolute Gasteiger partial charge is 0.336 e. The zero-order valence-electron chi connectivity index (χ0n) is 11.3. The third-order valence-electron chi connectivity index (χ3n) is 3.20. The van der Waals surface area contributed by atoms with Gasteiger partial charge in [0.15, 0.2) is 0 Å². The molecule has 2 aromatic rings. The fourth-order valence-electron chi connectivity index (χ4n) is 2.09. The van der Waals surface area contributed by atoms with Crippen LogP contribution in [0.2, 0.25) is 0 Å². The Bertz CT molecular complexity index is 661. The van der Waals surface area contributed by atoms with Crippen LogP contribution in [0.4, 0.5) is 0 Å². The summed E-state index contributed by atoms with van der Waals surface area (Å²) in [5, 5.41) is 18.3. The Balaban J connectivity index is 2.34. The molecule has 0 saturated heterocycles. The zero-order chi connectivity index (χ0) is 15.6. The topological polar surface area (TPSA) is 74.6 Å².